The Morgan fingerprint density at radius 3 is 2.77 bits per heavy atom. The Morgan fingerprint density at radius 1 is 1.31 bits per heavy atom. The molecule has 2 aliphatic heterocycles. The summed E-state index contributed by atoms with van der Waals surface area (Å²) < 4.78 is 5.14. The molecule has 2 aliphatic rings. The SMILES string of the molecule is CNC(=O)c1noc(CN2CCC3(CC2)Nc2ccccc2NC3=O)n1. The third-order valence-electron chi connectivity index (χ3n) is 4.95. The maximum Gasteiger partial charge on any atom is 0.292 e. The summed E-state index contributed by atoms with van der Waals surface area (Å²) in [7, 11) is 1.52. The second-order valence-electron chi connectivity index (χ2n) is 6.57. The zero-order valence-corrected chi connectivity index (χ0v) is 14.4. The molecule has 9 nitrogen and oxygen atoms in total. The smallest absolute Gasteiger partial charge is 0.292 e. The lowest BCUT2D eigenvalue weighted by atomic mass is 9.84. The highest BCUT2D eigenvalue weighted by atomic mass is 16.5. The largest absolute Gasteiger partial charge is 0.369 e. The van der Waals surface area contributed by atoms with Crippen LogP contribution in [0, 0.1) is 0 Å². The molecular formula is C17H20N6O3. The van der Waals surface area contributed by atoms with Crippen LogP contribution < -0.4 is 16.0 Å². The van der Waals surface area contributed by atoms with Gasteiger partial charge in [-0.2, -0.15) is 4.98 Å². The predicted molar refractivity (Wildman–Crippen MR) is 93.6 cm³/mol. The van der Waals surface area contributed by atoms with E-state index in [0.717, 1.165) is 11.4 Å². The van der Waals surface area contributed by atoms with Crippen molar-refractivity contribution in [1.82, 2.24) is 20.4 Å². The van der Waals surface area contributed by atoms with Gasteiger partial charge in [-0.05, 0) is 25.0 Å². The lowest BCUT2D eigenvalue weighted by Crippen LogP contribution is -2.58. The van der Waals surface area contributed by atoms with Crippen LogP contribution in [0.4, 0.5) is 11.4 Å². The second kappa shape index (κ2) is 6.41. The van der Waals surface area contributed by atoms with Crippen molar-refractivity contribution in [1.29, 1.82) is 0 Å². The number of piperidine rings is 1. The molecule has 2 amide bonds. The first-order valence-electron chi connectivity index (χ1n) is 8.55. The summed E-state index contributed by atoms with van der Waals surface area (Å²) in [5.41, 5.74) is 1.18. The highest BCUT2D eigenvalue weighted by Crippen LogP contribution is 2.36. The van der Waals surface area contributed by atoms with Crippen LogP contribution in [0.1, 0.15) is 29.4 Å². The number of aromatic nitrogens is 2. The second-order valence-corrected chi connectivity index (χ2v) is 6.57. The van der Waals surface area contributed by atoms with E-state index in [2.05, 4.69) is 31.0 Å². The molecule has 4 rings (SSSR count). The molecular weight excluding hydrogens is 336 g/mol. The molecule has 1 aromatic heterocycles. The van der Waals surface area contributed by atoms with Gasteiger partial charge in [0.15, 0.2) is 0 Å². The van der Waals surface area contributed by atoms with E-state index in [4.69, 9.17) is 4.52 Å². The predicted octanol–water partition coefficient (Wildman–Crippen LogP) is 0.828. The number of carbonyl (C=O) groups is 2. The fourth-order valence-electron chi connectivity index (χ4n) is 3.42. The minimum Gasteiger partial charge on any atom is -0.369 e. The van der Waals surface area contributed by atoms with Gasteiger partial charge in [0.05, 0.1) is 17.9 Å². The van der Waals surface area contributed by atoms with Crippen LogP contribution in [0.5, 0.6) is 0 Å². The van der Waals surface area contributed by atoms with Crippen molar-refractivity contribution >= 4 is 23.2 Å². The van der Waals surface area contributed by atoms with Crippen LogP contribution in [0.3, 0.4) is 0 Å². The average Bonchev–Trinajstić information content (AvgIpc) is 3.12. The summed E-state index contributed by atoms with van der Waals surface area (Å²) in [6.45, 7) is 1.87. The molecule has 0 saturated carbocycles. The van der Waals surface area contributed by atoms with Crippen LogP contribution in [-0.4, -0.2) is 52.5 Å². The first-order valence-corrected chi connectivity index (χ1v) is 8.55. The molecule has 9 heteroatoms. The van der Waals surface area contributed by atoms with E-state index in [1.54, 1.807) is 0 Å². The van der Waals surface area contributed by atoms with Crippen molar-refractivity contribution in [2.45, 2.75) is 24.9 Å². The number of benzene rings is 1. The maximum absolute atomic E-state index is 12.6. The van der Waals surface area contributed by atoms with E-state index in [1.807, 2.05) is 24.3 Å². The number of likely N-dealkylation sites (tertiary alicyclic amines) is 1. The number of anilines is 2. The molecule has 1 fully saturated rings. The third-order valence-corrected chi connectivity index (χ3v) is 4.95. The van der Waals surface area contributed by atoms with Crippen LogP contribution in [0.2, 0.25) is 0 Å². The Hall–Kier alpha value is -2.94. The van der Waals surface area contributed by atoms with Crippen molar-refractivity contribution in [3.63, 3.8) is 0 Å². The Labute approximate surface area is 150 Å². The molecule has 0 atom stereocenters. The fourth-order valence-corrected chi connectivity index (χ4v) is 3.42. The van der Waals surface area contributed by atoms with E-state index < -0.39 is 5.54 Å². The molecule has 3 heterocycles. The van der Waals surface area contributed by atoms with Crippen LogP contribution >= 0.6 is 0 Å². The van der Waals surface area contributed by atoms with Gasteiger partial charge in [0.25, 0.3) is 11.7 Å². The molecule has 26 heavy (non-hydrogen) atoms. The number of nitrogens with zero attached hydrogens (tertiary/aromatic N) is 3. The molecule has 3 N–H and O–H groups in total. The highest BCUT2D eigenvalue weighted by molar-refractivity contribution is 6.06. The highest BCUT2D eigenvalue weighted by Gasteiger charge is 2.44. The van der Waals surface area contributed by atoms with Gasteiger partial charge < -0.3 is 20.5 Å². The van der Waals surface area contributed by atoms with Crippen LogP contribution in [0.15, 0.2) is 28.8 Å². The number of hydrogen-bond donors (Lipinski definition) is 3. The van der Waals surface area contributed by atoms with E-state index in [0.29, 0.717) is 38.4 Å². The molecule has 0 unspecified atom stereocenters. The summed E-state index contributed by atoms with van der Waals surface area (Å²) in [5.74, 6) is 0.0572. The van der Waals surface area contributed by atoms with Crippen molar-refractivity contribution in [3.05, 3.63) is 36.0 Å². The average molecular weight is 356 g/mol. The third kappa shape index (κ3) is 2.90. The van der Waals surface area contributed by atoms with E-state index in [-0.39, 0.29) is 17.6 Å². The van der Waals surface area contributed by atoms with Crippen molar-refractivity contribution < 1.29 is 14.1 Å². The first kappa shape index (κ1) is 16.5. The van der Waals surface area contributed by atoms with Gasteiger partial charge >= 0.3 is 0 Å². The Morgan fingerprint density at radius 2 is 2.04 bits per heavy atom. The molecule has 0 aliphatic carbocycles. The Balaban J connectivity index is 1.40. The van der Waals surface area contributed by atoms with E-state index in [1.165, 1.54) is 7.05 Å². The number of fused-ring (bicyclic) bond motifs is 1. The van der Waals surface area contributed by atoms with Gasteiger partial charge in [0.2, 0.25) is 11.8 Å². The molecule has 1 spiro atoms. The quantitative estimate of drug-likeness (QED) is 0.746. The zero-order valence-electron chi connectivity index (χ0n) is 14.4. The van der Waals surface area contributed by atoms with Gasteiger partial charge in [0.1, 0.15) is 5.54 Å². The molecule has 0 radical (unpaired) electrons. The molecule has 136 valence electrons. The number of carbonyl (C=O) groups excluding carboxylic acids is 2. The van der Waals surface area contributed by atoms with E-state index >= 15 is 0 Å². The summed E-state index contributed by atoms with van der Waals surface area (Å²) in [4.78, 5) is 30.4. The van der Waals surface area contributed by atoms with Crippen molar-refractivity contribution in [2.75, 3.05) is 30.8 Å². The monoisotopic (exact) mass is 356 g/mol. The molecule has 1 aromatic carbocycles. The Kier molecular flexibility index (Phi) is 4.08. The van der Waals surface area contributed by atoms with Crippen molar-refractivity contribution in [2.24, 2.45) is 0 Å². The zero-order chi connectivity index (χ0) is 18.1. The fraction of sp³-hybridized carbons (Fsp3) is 0.412. The topological polar surface area (TPSA) is 112 Å². The Bertz CT molecular complexity index is 841. The lowest BCUT2D eigenvalue weighted by molar-refractivity contribution is -0.122. The van der Waals surface area contributed by atoms with E-state index in [9.17, 15) is 9.59 Å². The number of para-hydroxylation sites is 2. The van der Waals surface area contributed by atoms with Crippen LogP contribution in [-0.2, 0) is 11.3 Å². The number of hydrogen-bond acceptors (Lipinski definition) is 7. The van der Waals surface area contributed by atoms with Gasteiger partial charge in [-0.25, -0.2) is 0 Å². The normalized spacial score (nSPS) is 18.7. The minimum atomic E-state index is -0.590. The number of rotatable bonds is 3. The van der Waals surface area contributed by atoms with Crippen molar-refractivity contribution in [3.8, 4) is 0 Å². The maximum atomic E-state index is 12.6. The van der Waals surface area contributed by atoms with Gasteiger partial charge in [-0.1, -0.05) is 17.3 Å². The summed E-state index contributed by atoms with van der Waals surface area (Å²) >= 11 is 0. The first-order chi connectivity index (χ1) is 12.6. The van der Waals surface area contributed by atoms with Gasteiger partial charge in [0, 0.05) is 20.1 Å². The number of nitrogens with one attached hydrogen (secondary N) is 3. The summed E-state index contributed by atoms with van der Waals surface area (Å²) in [6, 6.07) is 7.72. The lowest BCUT2D eigenvalue weighted by Gasteiger charge is -2.44. The molecule has 2 aromatic rings. The summed E-state index contributed by atoms with van der Waals surface area (Å²) in [6.07, 6.45) is 1.34. The number of amides is 2. The standard InChI is InChI=1S/C17H20N6O3/c1-18-15(24)14-20-13(26-22-14)10-23-8-6-17(7-9-23)16(25)19-11-4-2-3-5-12(11)21-17/h2-5,21H,6-10H2,1H3,(H,18,24)(H,19,25). The molecule has 0 bridgehead atoms. The van der Waals surface area contributed by atoms with Gasteiger partial charge in [-0.15, -0.1) is 0 Å². The molecule has 1 saturated heterocycles. The minimum absolute atomic E-state index is 0.00976. The summed E-state index contributed by atoms with van der Waals surface area (Å²) in [5, 5.41) is 12.6. The van der Waals surface area contributed by atoms with Crippen LogP contribution in [0.25, 0.3) is 0 Å². The van der Waals surface area contributed by atoms with Gasteiger partial charge in [-0.3, -0.25) is 14.5 Å².